The number of hydrogen-bond acceptors (Lipinski definition) is 3. The molecule has 0 unspecified atom stereocenters. The Morgan fingerprint density at radius 1 is 1.53 bits per heavy atom. The zero-order chi connectivity index (χ0) is 12.3. The van der Waals surface area contributed by atoms with Gasteiger partial charge in [-0.2, -0.15) is 0 Å². The number of nitrogens with zero attached hydrogens (tertiary/aromatic N) is 1. The Morgan fingerprint density at radius 3 is 3.00 bits per heavy atom. The Hall–Kier alpha value is -2.14. The standard InChI is InChI=1S/C12H14N4O/c1-8-2-3-9(7-13)6-10(8)11(17)16-12-14-4-5-15-12/h2-6H,7,13H2,1H3,(H2,14,15,16,17). The summed E-state index contributed by atoms with van der Waals surface area (Å²) < 4.78 is 0. The van der Waals surface area contributed by atoms with Crippen LogP contribution < -0.4 is 11.1 Å². The number of imidazole rings is 1. The molecule has 0 saturated carbocycles. The number of H-pyrrole nitrogens is 1. The van der Waals surface area contributed by atoms with Gasteiger partial charge in [-0.15, -0.1) is 0 Å². The summed E-state index contributed by atoms with van der Waals surface area (Å²) in [6, 6.07) is 5.60. The van der Waals surface area contributed by atoms with Crippen LogP contribution in [0, 0.1) is 6.92 Å². The fourth-order valence-electron chi connectivity index (χ4n) is 1.55. The SMILES string of the molecule is Cc1ccc(CN)cc1C(=O)Nc1ncc[nH]1. The van der Waals surface area contributed by atoms with E-state index in [-0.39, 0.29) is 5.91 Å². The zero-order valence-electron chi connectivity index (χ0n) is 9.53. The molecule has 0 spiro atoms. The maximum Gasteiger partial charge on any atom is 0.258 e. The van der Waals surface area contributed by atoms with E-state index in [9.17, 15) is 4.79 Å². The van der Waals surface area contributed by atoms with Crippen LogP contribution in [0.3, 0.4) is 0 Å². The number of nitrogens with one attached hydrogen (secondary N) is 2. The van der Waals surface area contributed by atoms with Crippen molar-refractivity contribution in [2.75, 3.05) is 5.32 Å². The molecule has 0 saturated heterocycles. The number of hydrogen-bond donors (Lipinski definition) is 3. The number of amides is 1. The number of nitrogens with two attached hydrogens (primary N) is 1. The topological polar surface area (TPSA) is 83.8 Å². The van der Waals surface area contributed by atoms with Gasteiger partial charge in [0.05, 0.1) is 0 Å². The van der Waals surface area contributed by atoms with Gasteiger partial charge in [0, 0.05) is 24.5 Å². The second-order valence-electron chi connectivity index (χ2n) is 3.75. The van der Waals surface area contributed by atoms with Crippen molar-refractivity contribution >= 4 is 11.9 Å². The predicted molar refractivity (Wildman–Crippen MR) is 65.6 cm³/mol. The van der Waals surface area contributed by atoms with Crippen molar-refractivity contribution in [1.29, 1.82) is 0 Å². The van der Waals surface area contributed by atoms with Gasteiger partial charge < -0.3 is 10.7 Å². The molecule has 1 aromatic heterocycles. The number of rotatable bonds is 3. The first kappa shape index (κ1) is 11.3. The molecule has 1 heterocycles. The molecule has 0 bridgehead atoms. The van der Waals surface area contributed by atoms with Gasteiger partial charge in [0.2, 0.25) is 5.95 Å². The Balaban J connectivity index is 2.24. The van der Waals surface area contributed by atoms with E-state index in [0.717, 1.165) is 11.1 Å². The van der Waals surface area contributed by atoms with Crippen molar-refractivity contribution in [1.82, 2.24) is 9.97 Å². The van der Waals surface area contributed by atoms with Gasteiger partial charge >= 0.3 is 0 Å². The summed E-state index contributed by atoms with van der Waals surface area (Å²) >= 11 is 0. The van der Waals surface area contributed by atoms with Gasteiger partial charge in [-0.3, -0.25) is 10.1 Å². The molecule has 0 radical (unpaired) electrons. The summed E-state index contributed by atoms with van der Waals surface area (Å²) in [5.41, 5.74) is 8.01. The molecule has 5 nitrogen and oxygen atoms in total. The maximum atomic E-state index is 12.0. The number of aromatic amines is 1. The van der Waals surface area contributed by atoms with E-state index in [2.05, 4.69) is 15.3 Å². The largest absolute Gasteiger partial charge is 0.331 e. The van der Waals surface area contributed by atoms with Crippen LogP contribution in [0.4, 0.5) is 5.95 Å². The van der Waals surface area contributed by atoms with E-state index < -0.39 is 0 Å². The predicted octanol–water partition coefficient (Wildman–Crippen LogP) is 1.43. The highest BCUT2D eigenvalue weighted by Gasteiger charge is 2.10. The molecule has 5 heteroatoms. The summed E-state index contributed by atoms with van der Waals surface area (Å²) in [6.07, 6.45) is 3.23. The fourth-order valence-corrected chi connectivity index (χ4v) is 1.55. The Morgan fingerprint density at radius 2 is 2.35 bits per heavy atom. The third kappa shape index (κ3) is 2.51. The van der Waals surface area contributed by atoms with Crippen LogP contribution in [-0.2, 0) is 6.54 Å². The lowest BCUT2D eigenvalue weighted by Crippen LogP contribution is -2.15. The van der Waals surface area contributed by atoms with Gasteiger partial charge in [0.1, 0.15) is 0 Å². The van der Waals surface area contributed by atoms with Crippen molar-refractivity contribution in [3.05, 3.63) is 47.3 Å². The Bertz CT molecular complexity index is 519. The van der Waals surface area contributed by atoms with E-state index in [4.69, 9.17) is 5.73 Å². The van der Waals surface area contributed by atoms with E-state index in [0.29, 0.717) is 18.1 Å². The molecule has 0 fully saturated rings. The lowest BCUT2D eigenvalue weighted by Gasteiger charge is -2.07. The monoisotopic (exact) mass is 230 g/mol. The minimum Gasteiger partial charge on any atom is -0.331 e. The van der Waals surface area contributed by atoms with Crippen molar-refractivity contribution < 1.29 is 4.79 Å². The number of benzene rings is 1. The van der Waals surface area contributed by atoms with Crippen LogP contribution in [0.2, 0.25) is 0 Å². The fraction of sp³-hybridized carbons (Fsp3) is 0.167. The maximum absolute atomic E-state index is 12.0. The van der Waals surface area contributed by atoms with E-state index in [1.165, 1.54) is 0 Å². The quantitative estimate of drug-likeness (QED) is 0.745. The summed E-state index contributed by atoms with van der Waals surface area (Å²) in [5, 5.41) is 2.68. The average Bonchev–Trinajstić information content (AvgIpc) is 2.82. The highest BCUT2D eigenvalue weighted by molar-refractivity contribution is 6.04. The third-order valence-electron chi connectivity index (χ3n) is 2.51. The van der Waals surface area contributed by atoms with Gasteiger partial charge in [-0.05, 0) is 24.1 Å². The van der Waals surface area contributed by atoms with E-state index in [1.807, 2.05) is 19.1 Å². The molecule has 0 aliphatic heterocycles. The molecule has 4 N–H and O–H groups in total. The average molecular weight is 230 g/mol. The van der Waals surface area contributed by atoms with Crippen LogP contribution in [0.1, 0.15) is 21.5 Å². The van der Waals surface area contributed by atoms with Crippen molar-refractivity contribution in [2.45, 2.75) is 13.5 Å². The van der Waals surface area contributed by atoms with Crippen LogP contribution in [0.25, 0.3) is 0 Å². The third-order valence-corrected chi connectivity index (χ3v) is 2.51. The molecule has 0 aliphatic rings. The number of carbonyl (C=O) groups is 1. The summed E-state index contributed by atoms with van der Waals surface area (Å²) in [5.74, 6) is 0.250. The van der Waals surface area contributed by atoms with Crippen LogP contribution in [-0.4, -0.2) is 15.9 Å². The van der Waals surface area contributed by atoms with Gasteiger partial charge in [0.15, 0.2) is 0 Å². The highest BCUT2D eigenvalue weighted by atomic mass is 16.1. The van der Waals surface area contributed by atoms with Gasteiger partial charge in [-0.25, -0.2) is 4.98 Å². The number of aromatic nitrogens is 2. The highest BCUT2D eigenvalue weighted by Crippen LogP contribution is 2.12. The van der Waals surface area contributed by atoms with Crippen molar-refractivity contribution in [2.24, 2.45) is 5.73 Å². The minimum atomic E-state index is -0.187. The second kappa shape index (κ2) is 4.80. The first-order valence-electron chi connectivity index (χ1n) is 5.31. The summed E-state index contributed by atoms with van der Waals surface area (Å²) in [7, 11) is 0. The minimum absolute atomic E-state index is 0.187. The van der Waals surface area contributed by atoms with Crippen molar-refractivity contribution in [3.63, 3.8) is 0 Å². The van der Waals surface area contributed by atoms with Crippen LogP contribution >= 0.6 is 0 Å². The van der Waals surface area contributed by atoms with E-state index >= 15 is 0 Å². The van der Waals surface area contributed by atoms with E-state index in [1.54, 1.807) is 18.5 Å². The summed E-state index contributed by atoms with van der Waals surface area (Å²) in [4.78, 5) is 18.7. The van der Waals surface area contributed by atoms with Gasteiger partial charge in [-0.1, -0.05) is 12.1 Å². The molecule has 1 amide bonds. The summed E-state index contributed by atoms with van der Waals surface area (Å²) in [6.45, 7) is 2.30. The normalized spacial score (nSPS) is 10.2. The number of aryl methyl sites for hydroxylation is 1. The molecule has 1 aromatic carbocycles. The zero-order valence-corrected chi connectivity index (χ0v) is 9.53. The lowest BCUT2D eigenvalue weighted by atomic mass is 10.0. The molecule has 17 heavy (non-hydrogen) atoms. The molecule has 88 valence electrons. The second-order valence-corrected chi connectivity index (χ2v) is 3.75. The molecule has 0 atom stereocenters. The lowest BCUT2D eigenvalue weighted by molar-refractivity contribution is 0.102. The molecular weight excluding hydrogens is 216 g/mol. The Labute approximate surface area is 99.1 Å². The van der Waals surface area contributed by atoms with Crippen LogP contribution in [0.15, 0.2) is 30.6 Å². The van der Waals surface area contributed by atoms with Gasteiger partial charge in [0.25, 0.3) is 5.91 Å². The van der Waals surface area contributed by atoms with Crippen LogP contribution in [0.5, 0.6) is 0 Å². The molecule has 2 aromatic rings. The van der Waals surface area contributed by atoms with Crippen molar-refractivity contribution in [3.8, 4) is 0 Å². The molecule has 2 rings (SSSR count). The molecule has 0 aliphatic carbocycles. The Kier molecular flexibility index (Phi) is 3.20. The first-order valence-corrected chi connectivity index (χ1v) is 5.31. The molecular formula is C12H14N4O. The first-order chi connectivity index (χ1) is 8.20. The number of carbonyl (C=O) groups excluding carboxylic acids is 1. The smallest absolute Gasteiger partial charge is 0.258 e. The number of anilines is 1.